The van der Waals surface area contributed by atoms with Crippen molar-refractivity contribution in [3.63, 3.8) is 0 Å². The van der Waals surface area contributed by atoms with Crippen LogP contribution < -0.4 is 0 Å². The highest BCUT2D eigenvalue weighted by Gasteiger charge is 2.32. The van der Waals surface area contributed by atoms with Gasteiger partial charge in [-0.3, -0.25) is 9.48 Å². The molecule has 2 aromatic heterocycles. The molecule has 2 heterocycles. The molecule has 2 aromatic rings. The second-order valence-electron chi connectivity index (χ2n) is 7.02. The summed E-state index contributed by atoms with van der Waals surface area (Å²) in [5.74, 6) is 0.618. The number of fused-ring (bicyclic) bond motifs is 1. The highest BCUT2D eigenvalue weighted by Crippen LogP contribution is 2.30. The van der Waals surface area contributed by atoms with E-state index in [0.29, 0.717) is 23.9 Å². The summed E-state index contributed by atoms with van der Waals surface area (Å²) in [6, 6.07) is 0.297. The molecule has 6 heteroatoms. The van der Waals surface area contributed by atoms with Gasteiger partial charge in [0.1, 0.15) is 11.3 Å². The number of rotatable bonds is 4. The average molecular weight is 328 g/mol. The van der Waals surface area contributed by atoms with Gasteiger partial charge in [0, 0.05) is 18.8 Å². The third-order valence-electron chi connectivity index (χ3n) is 5.53. The molecule has 0 bridgehead atoms. The maximum Gasteiger partial charge on any atom is 0.259 e. The normalized spacial score (nSPS) is 17.4. The molecule has 128 valence electrons. The van der Waals surface area contributed by atoms with E-state index in [2.05, 4.69) is 5.16 Å². The molecule has 0 saturated heterocycles. The van der Waals surface area contributed by atoms with E-state index in [1.54, 1.807) is 13.1 Å². The Morgan fingerprint density at radius 1 is 1.33 bits per heavy atom. The molecule has 24 heavy (non-hydrogen) atoms. The van der Waals surface area contributed by atoms with Gasteiger partial charge in [0.25, 0.3) is 5.91 Å². The standard InChI is InChI=1S/C18H24N4O2/c1-12-15(10-19-24-12)18(23)22(13-6-3-4-7-13)11-16-14-8-5-9-17(14)21(2)20-16/h10,13H,3-9,11H2,1-2H3. The van der Waals surface area contributed by atoms with Crippen molar-refractivity contribution in [3.05, 3.63) is 34.5 Å². The topological polar surface area (TPSA) is 64.2 Å². The number of nitrogens with zero attached hydrogens (tertiary/aromatic N) is 4. The van der Waals surface area contributed by atoms with Crippen molar-refractivity contribution in [1.29, 1.82) is 0 Å². The molecule has 0 aliphatic heterocycles. The Kier molecular flexibility index (Phi) is 3.90. The largest absolute Gasteiger partial charge is 0.361 e. The molecule has 6 nitrogen and oxygen atoms in total. The predicted molar refractivity (Wildman–Crippen MR) is 88.6 cm³/mol. The number of carbonyl (C=O) groups excluding carboxylic acids is 1. The molecule has 1 amide bonds. The Hall–Kier alpha value is -2.11. The van der Waals surface area contributed by atoms with Crippen LogP contribution in [-0.2, 0) is 26.4 Å². The van der Waals surface area contributed by atoms with E-state index in [9.17, 15) is 4.79 Å². The zero-order valence-electron chi connectivity index (χ0n) is 14.4. The molecule has 4 rings (SSSR count). The van der Waals surface area contributed by atoms with Crippen LogP contribution in [0.15, 0.2) is 10.7 Å². The Morgan fingerprint density at radius 3 is 2.83 bits per heavy atom. The van der Waals surface area contributed by atoms with Crippen molar-refractivity contribution in [2.24, 2.45) is 7.05 Å². The maximum absolute atomic E-state index is 13.1. The van der Waals surface area contributed by atoms with E-state index in [-0.39, 0.29) is 5.91 Å². The predicted octanol–water partition coefficient (Wildman–Crippen LogP) is 2.79. The fourth-order valence-electron chi connectivity index (χ4n) is 4.23. The summed E-state index contributed by atoms with van der Waals surface area (Å²) >= 11 is 0. The fourth-order valence-corrected chi connectivity index (χ4v) is 4.23. The zero-order chi connectivity index (χ0) is 16.7. The molecule has 1 saturated carbocycles. The van der Waals surface area contributed by atoms with Gasteiger partial charge in [-0.25, -0.2) is 0 Å². The van der Waals surface area contributed by atoms with Gasteiger partial charge in [0.05, 0.1) is 18.4 Å². The van der Waals surface area contributed by atoms with Crippen molar-refractivity contribution in [3.8, 4) is 0 Å². The molecule has 1 fully saturated rings. The maximum atomic E-state index is 13.1. The van der Waals surface area contributed by atoms with Gasteiger partial charge >= 0.3 is 0 Å². The first-order valence-electron chi connectivity index (χ1n) is 8.91. The number of aryl methyl sites for hydroxylation is 2. The first-order valence-corrected chi connectivity index (χ1v) is 8.91. The monoisotopic (exact) mass is 328 g/mol. The highest BCUT2D eigenvalue weighted by atomic mass is 16.5. The highest BCUT2D eigenvalue weighted by molar-refractivity contribution is 5.95. The van der Waals surface area contributed by atoms with Crippen molar-refractivity contribution >= 4 is 5.91 Å². The second kappa shape index (κ2) is 6.07. The summed E-state index contributed by atoms with van der Waals surface area (Å²) in [4.78, 5) is 15.1. The van der Waals surface area contributed by atoms with Crippen LogP contribution in [0.25, 0.3) is 0 Å². The third kappa shape index (κ3) is 2.54. The molecular formula is C18H24N4O2. The van der Waals surface area contributed by atoms with Crippen LogP contribution in [0.3, 0.4) is 0 Å². The Morgan fingerprint density at radius 2 is 2.12 bits per heavy atom. The minimum Gasteiger partial charge on any atom is -0.361 e. The zero-order valence-corrected chi connectivity index (χ0v) is 14.4. The lowest BCUT2D eigenvalue weighted by atomic mass is 10.1. The van der Waals surface area contributed by atoms with Crippen molar-refractivity contribution in [2.45, 2.75) is 64.5 Å². The lowest BCUT2D eigenvalue weighted by Crippen LogP contribution is -2.38. The van der Waals surface area contributed by atoms with Crippen LogP contribution in [0.4, 0.5) is 0 Å². The van der Waals surface area contributed by atoms with Crippen molar-refractivity contribution < 1.29 is 9.32 Å². The number of aromatic nitrogens is 3. The molecule has 0 atom stereocenters. The van der Waals surface area contributed by atoms with Gasteiger partial charge < -0.3 is 9.42 Å². The van der Waals surface area contributed by atoms with Crippen LogP contribution >= 0.6 is 0 Å². The SMILES string of the molecule is Cc1oncc1C(=O)N(Cc1nn(C)c2c1CCC2)C1CCCC1. The number of hydrogen-bond acceptors (Lipinski definition) is 4. The lowest BCUT2D eigenvalue weighted by molar-refractivity contribution is 0.0659. The van der Waals surface area contributed by atoms with Crippen LogP contribution in [0.5, 0.6) is 0 Å². The lowest BCUT2D eigenvalue weighted by Gasteiger charge is -2.28. The number of hydrogen-bond donors (Lipinski definition) is 0. The van der Waals surface area contributed by atoms with Crippen LogP contribution in [0.1, 0.15) is 65.2 Å². The fraction of sp³-hybridized carbons (Fsp3) is 0.611. The van der Waals surface area contributed by atoms with Crippen LogP contribution in [-0.4, -0.2) is 31.8 Å². The molecule has 2 aliphatic rings. The van der Waals surface area contributed by atoms with Gasteiger partial charge in [-0.1, -0.05) is 18.0 Å². The van der Waals surface area contributed by atoms with E-state index < -0.39 is 0 Å². The van der Waals surface area contributed by atoms with E-state index >= 15 is 0 Å². The Balaban J connectivity index is 1.65. The molecule has 0 radical (unpaired) electrons. The van der Waals surface area contributed by atoms with Crippen molar-refractivity contribution in [2.75, 3.05) is 0 Å². The van der Waals surface area contributed by atoms with Crippen LogP contribution in [0.2, 0.25) is 0 Å². The minimum atomic E-state index is 0.0260. The van der Waals surface area contributed by atoms with E-state index in [1.165, 1.54) is 30.5 Å². The summed E-state index contributed by atoms with van der Waals surface area (Å²) in [5.41, 5.74) is 4.34. The molecule has 2 aliphatic carbocycles. The van der Waals surface area contributed by atoms with E-state index in [4.69, 9.17) is 9.62 Å². The minimum absolute atomic E-state index is 0.0260. The summed E-state index contributed by atoms with van der Waals surface area (Å²) in [7, 11) is 2.01. The summed E-state index contributed by atoms with van der Waals surface area (Å²) in [6.07, 6.45) is 9.45. The first kappa shape index (κ1) is 15.4. The van der Waals surface area contributed by atoms with Gasteiger partial charge in [-0.05, 0) is 44.6 Å². The van der Waals surface area contributed by atoms with Gasteiger partial charge in [0.2, 0.25) is 0 Å². The second-order valence-corrected chi connectivity index (χ2v) is 7.02. The molecular weight excluding hydrogens is 304 g/mol. The third-order valence-corrected chi connectivity index (χ3v) is 5.53. The van der Waals surface area contributed by atoms with Gasteiger partial charge in [-0.15, -0.1) is 0 Å². The smallest absolute Gasteiger partial charge is 0.259 e. The quantitative estimate of drug-likeness (QED) is 0.866. The Bertz CT molecular complexity index is 755. The van der Waals surface area contributed by atoms with E-state index in [1.807, 2.05) is 16.6 Å². The van der Waals surface area contributed by atoms with Crippen molar-refractivity contribution in [1.82, 2.24) is 19.8 Å². The number of amides is 1. The average Bonchev–Trinajstić information content (AvgIpc) is 3.32. The molecule has 0 unspecified atom stereocenters. The molecule has 0 N–H and O–H groups in total. The number of carbonyl (C=O) groups is 1. The van der Waals surface area contributed by atoms with Gasteiger partial charge in [0.15, 0.2) is 0 Å². The molecule has 0 aromatic carbocycles. The summed E-state index contributed by atoms with van der Waals surface area (Å²) < 4.78 is 7.11. The van der Waals surface area contributed by atoms with Gasteiger partial charge in [-0.2, -0.15) is 5.10 Å². The summed E-state index contributed by atoms with van der Waals surface area (Å²) in [6.45, 7) is 2.39. The summed E-state index contributed by atoms with van der Waals surface area (Å²) in [5, 5.41) is 8.49. The Labute approximate surface area is 141 Å². The van der Waals surface area contributed by atoms with E-state index in [0.717, 1.165) is 31.4 Å². The first-order chi connectivity index (χ1) is 11.6. The van der Waals surface area contributed by atoms with Crippen LogP contribution in [0, 0.1) is 6.92 Å². The molecule has 0 spiro atoms.